The smallest absolute Gasteiger partial charge is 0.462 e. The molecular weight excluding hydrogens is 1200 g/mol. The van der Waals surface area contributed by atoms with Crippen LogP contribution in [0, 0.1) is 5.92 Å². The molecule has 0 rings (SSSR count). The monoisotopic (exact) mass is 1340 g/mol. The summed E-state index contributed by atoms with van der Waals surface area (Å²) in [6.45, 7) is 7.19. The van der Waals surface area contributed by atoms with Gasteiger partial charge in [0.05, 0.1) is 26.4 Å². The molecule has 0 aliphatic rings. The van der Waals surface area contributed by atoms with Gasteiger partial charge in [-0.15, -0.1) is 0 Å². The highest BCUT2D eigenvalue weighted by Crippen LogP contribution is 2.45. The maximum atomic E-state index is 13.0. The van der Waals surface area contributed by atoms with Crippen molar-refractivity contribution in [3.63, 3.8) is 0 Å². The van der Waals surface area contributed by atoms with E-state index in [0.29, 0.717) is 31.6 Å². The van der Waals surface area contributed by atoms with Gasteiger partial charge in [-0.2, -0.15) is 0 Å². The molecule has 91 heavy (non-hydrogen) atoms. The summed E-state index contributed by atoms with van der Waals surface area (Å²) in [5.74, 6) is -1.43. The van der Waals surface area contributed by atoms with Gasteiger partial charge >= 0.3 is 39.5 Å². The van der Waals surface area contributed by atoms with Crippen LogP contribution >= 0.6 is 15.6 Å². The fourth-order valence-corrected chi connectivity index (χ4v) is 12.6. The van der Waals surface area contributed by atoms with Crippen LogP contribution in [-0.2, 0) is 65.4 Å². The quantitative estimate of drug-likeness (QED) is 0.0222. The van der Waals surface area contributed by atoms with Crippen LogP contribution in [0.5, 0.6) is 0 Å². The Morgan fingerprint density at radius 3 is 0.747 bits per heavy atom. The Labute approximate surface area is 556 Å². The molecule has 0 bridgehead atoms. The molecule has 0 aliphatic carbocycles. The van der Waals surface area contributed by atoms with Gasteiger partial charge in [-0.05, 0) is 31.6 Å². The zero-order chi connectivity index (χ0) is 67.0. The number of phosphoric acid groups is 2. The second-order valence-electron chi connectivity index (χ2n) is 26.5. The molecular formula is C72H140O17P2. The average Bonchev–Trinajstić information content (AvgIpc) is 2.23. The van der Waals surface area contributed by atoms with Gasteiger partial charge in [-0.1, -0.05) is 324 Å². The van der Waals surface area contributed by atoms with Gasteiger partial charge < -0.3 is 33.8 Å². The molecule has 540 valence electrons. The highest BCUT2D eigenvalue weighted by Gasteiger charge is 2.30. The number of hydrogen-bond donors (Lipinski definition) is 3. The van der Waals surface area contributed by atoms with Crippen molar-refractivity contribution >= 4 is 39.5 Å². The summed E-state index contributed by atoms with van der Waals surface area (Å²) in [7, 11) is -9.90. The maximum Gasteiger partial charge on any atom is 0.472 e. The predicted octanol–water partition coefficient (Wildman–Crippen LogP) is 20.9. The Morgan fingerprint density at radius 2 is 0.505 bits per heavy atom. The van der Waals surface area contributed by atoms with E-state index < -0.39 is 97.5 Å². The lowest BCUT2D eigenvalue weighted by Crippen LogP contribution is -2.30. The van der Waals surface area contributed by atoms with Crippen LogP contribution in [-0.4, -0.2) is 96.7 Å². The molecule has 0 aromatic heterocycles. The Morgan fingerprint density at radius 1 is 0.297 bits per heavy atom. The van der Waals surface area contributed by atoms with E-state index in [1.165, 1.54) is 199 Å². The molecule has 0 saturated heterocycles. The maximum absolute atomic E-state index is 13.0. The Hall–Kier alpha value is -1.94. The van der Waals surface area contributed by atoms with Crippen LogP contribution in [0.3, 0.4) is 0 Å². The first-order chi connectivity index (χ1) is 44.0. The SMILES string of the molecule is CCCCCCCCCCCCCCCCCCC(=O)OC[C@H](COP(=O)(O)OC[C@@H](O)COP(=O)(O)OC[C@@H](COC(=O)CCCCCCCCCCC)OC(=O)CCCCCCCCCC(C)C)OC(=O)CCCCCCCCCCCCCCCCCC. The fourth-order valence-electron chi connectivity index (χ4n) is 11.0. The van der Waals surface area contributed by atoms with Crippen LogP contribution in [0.15, 0.2) is 0 Å². The minimum atomic E-state index is -4.95. The third-order valence-corrected chi connectivity index (χ3v) is 18.7. The zero-order valence-corrected chi connectivity index (χ0v) is 60.8. The Balaban J connectivity index is 5.22. The minimum absolute atomic E-state index is 0.104. The summed E-state index contributed by atoms with van der Waals surface area (Å²) in [6, 6.07) is 0. The first-order valence-electron chi connectivity index (χ1n) is 37.6. The predicted molar refractivity (Wildman–Crippen MR) is 368 cm³/mol. The molecule has 0 aliphatic heterocycles. The van der Waals surface area contributed by atoms with Crippen molar-refractivity contribution in [2.45, 2.75) is 393 Å². The van der Waals surface area contributed by atoms with Crippen molar-refractivity contribution in [1.29, 1.82) is 0 Å². The van der Waals surface area contributed by atoms with E-state index >= 15 is 0 Å². The van der Waals surface area contributed by atoms with Gasteiger partial charge in [-0.3, -0.25) is 37.3 Å². The van der Waals surface area contributed by atoms with E-state index in [-0.39, 0.29) is 25.7 Å². The zero-order valence-electron chi connectivity index (χ0n) is 59.0. The first kappa shape index (κ1) is 89.1. The van der Waals surface area contributed by atoms with Gasteiger partial charge in [0.2, 0.25) is 0 Å². The number of unbranched alkanes of at least 4 members (excludes halogenated alkanes) is 44. The number of hydrogen-bond acceptors (Lipinski definition) is 15. The first-order valence-corrected chi connectivity index (χ1v) is 40.6. The molecule has 0 spiro atoms. The van der Waals surface area contributed by atoms with Crippen molar-refractivity contribution in [3.8, 4) is 0 Å². The van der Waals surface area contributed by atoms with Gasteiger partial charge in [0.1, 0.15) is 19.3 Å². The minimum Gasteiger partial charge on any atom is -0.462 e. The lowest BCUT2D eigenvalue weighted by molar-refractivity contribution is -0.161. The average molecular weight is 1340 g/mol. The molecule has 0 fully saturated rings. The third kappa shape index (κ3) is 66.5. The molecule has 3 N–H and O–H groups in total. The second-order valence-corrected chi connectivity index (χ2v) is 29.4. The lowest BCUT2D eigenvalue weighted by atomic mass is 10.0. The molecule has 17 nitrogen and oxygen atoms in total. The lowest BCUT2D eigenvalue weighted by Gasteiger charge is -2.21. The van der Waals surface area contributed by atoms with Gasteiger partial charge in [0, 0.05) is 25.7 Å². The number of aliphatic hydroxyl groups excluding tert-OH is 1. The summed E-state index contributed by atoms with van der Waals surface area (Å²) in [4.78, 5) is 72.6. The van der Waals surface area contributed by atoms with Crippen LogP contribution in [0.25, 0.3) is 0 Å². The number of carbonyl (C=O) groups excluding carboxylic acids is 4. The second kappa shape index (κ2) is 65.4. The van der Waals surface area contributed by atoms with E-state index in [1.54, 1.807) is 0 Å². The summed E-state index contributed by atoms with van der Waals surface area (Å²) < 4.78 is 68.3. The van der Waals surface area contributed by atoms with Gasteiger partial charge in [-0.25, -0.2) is 9.13 Å². The van der Waals surface area contributed by atoms with Crippen LogP contribution in [0.1, 0.15) is 375 Å². The van der Waals surface area contributed by atoms with Crippen molar-refractivity contribution in [3.05, 3.63) is 0 Å². The number of phosphoric ester groups is 2. The van der Waals surface area contributed by atoms with E-state index in [2.05, 4.69) is 34.6 Å². The van der Waals surface area contributed by atoms with Crippen LogP contribution in [0.2, 0.25) is 0 Å². The summed E-state index contributed by atoms with van der Waals surface area (Å²) in [6.07, 6.45) is 52.8. The number of aliphatic hydroxyl groups is 1. The van der Waals surface area contributed by atoms with E-state index in [4.69, 9.17) is 37.0 Å². The Kier molecular flexibility index (Phi) is 64.0. The van der Waals surface area contributed by atoms with Crippen LogP contribution < -0.4 is 0 Å². The number of esters is 4. The van der Waals surface area contributed by atoms with E-state index in [9.17, 15) is 43.2 Å². The third-order valence-electron chi connectivity index (χ3n) is 16.8. The molecule has 0 radical (unpaired) electrons. The number of carbonyl (C=O) groups is 4. The molecule has 0 heterocycles. The molecule has 5 atom stereocenters. The molecule has 0 saturated carbocycles. The topological polar surface area (TPSA) is 237 Å². The molecule has 0 aromatic carbocycles. The summed E-state index contributed by atoms with van der Waals surface area (Å²) in [5, 5.41) is 10.6. The van der Waals surface area contributed by atoms with Gasteiger partial charge in [0.15, 0.2) is 12.2 Å². The molecule has 0 amide bonds. The number of ether oxygens (including phenoxy) is 4. The molecule has 2 unspecified atom stereocenters. The van der Waals surface area contributed by atoms with Crippen molar-refractivity contribution in [1.82, 2.24) is 0 Å². The Bertz CT molecular complexity index is 1750. The van der Waals surface area contributed by atoms with Crippen molar-refractivity contribution < 1.29 is 80.2 Å². The number of rotatable bonds is 72. The normalized spacial score (nSPS) is 14.0. The fraction of sp³-hybridized carbons (Fsp3) is 0.944. The van der Waals surface area contributed by atoms with E-state index in [0.717, 1.165) is 89.9 Å². The molecule has 19 heteroatoms. The summed E-state index contributed by atoms with van der Waals surface area (Å²) in [5.41, 5.74) is 0. The highest BCUT2D eigenvalue weighted by molar-refractivity contribution is 7.47. The largest absolute Gasteiger partial charge is 0.472 e. The van der Waals surface area contributed by atoms with Crippen molar-refractivity contribution in [2.75, 3.05) is 39.6 Å². The van der Waals surface area contributed by atoms with Gasteiger partial charge in [0.25, 0.3) is 0 Å². The molecule has 0 aromatic rings. The van der Waals surface area contributed by atoms with E-state index in [1.807, 2.05) is 0 Å². The van der Waals surface area contributed by atoms with Crippen LogP contribution in [0.4, 0.5) is 0 Å². The standard InChI is InChI=1S/C72H140O17P2/c1-6-9-12-15-18-21-23-25-27-29-31-33-36-41-46-51-56-70(75)83-61-67(88-71(76)57-52-47-42-37-34-32-30-28-26-24-22-19-16-13-10-7-2)63-86-90(78,79)84-59-66(73)60-85-91(80,81)87-64-68(62-82-69(74)55-50-45-40-35-20-17-14-11-8-3)89-72(77)58-53-48-43-38-39-44-49-54-65(4)5/h65-68,73H,6-64H2,1-5H3,(H,78,79)(H,80,81)/t66-,67-,68-/m1/s1. The highest BCUT2D eigenvalue weighted by atomic mass is 31.2. The van der Waals surface area contributed by atoms with Crippen molar-refractivity contribution in [2.24, 2.45) is 5.92 Å². The summed E-state index contributed by atoms with van der Waals surface area (Å²) >= 11 is 0.